The maximum atomic E-state index is 12.4. The SMILES string of the molecule is C=C/C(=C\C=C\Cc1cc(NC(=O)Cc2ccc(Cl)cc2Cl)ccc1N)S(C)=O. The number of halogens is 2. The van der Waals surface area contributed by atoms with E-state index < -0.39 is 10.8 Å². The lowest BCUT2D eigenvalue weighted by Gasteiger charge is -2.10. The molecule has 0 aliphatic heterocycles. The third-order valence-corrected chi connectivity index (χ3v) is 5.61. The lowest BCUT2D eigenvalue weighted by Crippen LogP contribution is -2.15. The number of nitrogens with one attached hydrogen (secondary N) is 1. The molecule has 7 heteroatoms. The average molecular weight is 449 g/mol. The summed E-state index contributed by atoms with van der Waals surface area (Å²) in [5.74, 6) is -0.190. The molecular formula is C22H22Cl2N2O2S. The highest BCUT2D eigenvalue weighted by molar-refractivity contribution is 7.88. The van der Waals surface area contributed by atoms with E-state index >= 15 is 0 Å². The Morgan fingerprint density at radius 1 is 1.21 bits per heavy atom. The number of allylic oxidation sites excluding steroid dienone is 4. The minimum Gasteiger partial charge on any atom is -0.398 e. The number of hydrogen-bond donors (Lipinski definition) is 2. The van der Waals surface area contributed by atoms with Crippen molar-refractivity contribution in [3.05, 3.63) is 93.4 Å². The molecule has 2 aromatic carbocycles. The van der Waals surface area contributed by atoms with E-state index in [-0.39, 0.29) is 12.3 Å². The van der Waals surface area contributed by atoms with Crippen molar-refractivity contribution in [2.24, 2.45) is 0 Å². The largest absolute Gasteiger partial charge is 0.398 e. The smallest absolute Gasteiger partial charge is 0.228 e. The lowest BCUT2D eigenvalue weighted by molar-refractivity contribution is -0.115. The summed E-state index contributed by atoms with van der Waals surface area (Å²) >= 11 is 12.0. The summed E-state index contributed by atoms with van der Waals surface area (Å²) in [7, 11) is -1.08. The summed E-state index contributed by atoms with van der Waals surface area (Å²) in [5.41, 5.74) is 8.88. The molecular weight excluding hydrogens is 427 g/mol. The maximum absolute atomic E-state index is 12.4. The molecule has 152 valence electrons. The van der Waals surface area contributed by atoms with E-state index in [4.69, 9.17) is 28.9 Å². The molecule has 0 heterocycles. The van der Waals surface area contributed by atoms with E-state index in [9.17, 15) is 9.00 Å². The van der Waals surface area contributed by atoms with Crippen LogP contribution < -0.4 is 11.1 Å². The van der Waals surface area contributed by atoms with E-state index in [1.165, 1.54) is 0 Å². The number of hydrogen-bond acceptors (Lipinski definition) is 3. The first-order valence-corrected chi connectivity index (χ1v) is 11.1. The number of amides is 1. The normalized spacial score (nSPS) is 12.7. The highest BCUT2D eigenvalue weighted by Crippen LogP contribution is 2.23. The minimum atomic E-state index is -1.08. The summed E-state index contributed by atoms with van der Waals surface area (Å²) in [5, 5.41) is 3.84. The van der Waals surface area contributed by atoms with Gasteiger partial charge in [-0.2, -0.15) is 0 Å². The first kappa shape index (κ1) is 22.9. The summed E-state index contributed by atoms with van der Waals surface area (Å²) in [6.45, 7) is 3.64. The number of benzene rings is 2. The van der Waals surface area contributed by atoms with Gasteiger partial charge in [0.15, 0.2) is 0 Å². The minimum absolute atomic E-state index is 0.138. The van der Waals surface area contributed by atoms with Gasteiger partial charge in [-0.1, -0.05) is 54.1 Å². The molecule has 0 aliphatic rings. The Kier molecular flexibility index (Phi) is 8.70. The standard InChI is InChI=1S/C22H22Cl2N2O2S/c1-3-19(29(2)28)7-5-4-6-16-12-18(10-11-21(16)25)26-22(27)13-15-8-9-17(23)14-20(15)24/h3-5,7-12,14H,1,6,13,25H2,2H3,(H,26,27)/b5-4+,19-7+. The molecule has 3 N–H and O–H groups in total. The molecule has 0 saturated heterocycles. The Bertz CT molecular complexity index is 1000. The van der Waals surface area contributed by atoms with Gasteiger partial charge >= 0.3 is 0 Å². The molecule has 0 radical (unpaired) electrons. The van der Waals surface area contributed by atoms with Gasteiger partial charge in [0.05, 0.1) is 6.42 Å². The predicted octanol–water partition coefficient (Wildman–Crippen LogP) is 5.30. The van der Waals surface area contributed by atoms with E-state index in [1.54, 1.807) is 48.7 Å². The summed E-state index contributed by atoms with van der Waals surface area (Å²) < 4.78 is 11.5. The van der Waals surface area contributed by atoms with Crippen LogP contribution in [0.4, 0.5) is 11.4 Å². The van der Waals surface area contributed by atoms with Crippen molar-refractivity contribution in [2.45, 2.75) is 12.8 Å². The zero-order valence-electron chi connectivity index (χ0n) is 16.0. The second kappa shape index (κ2) is 11.0. The molecule has 0 fully saturated rings. The van der Waals surface area contributed by atoms with Gasteiger partial charge in [0.25, 0.3) is 0 Å². The Morgan fingerprint density at radius 2 is 1.97 bits per heavy atom. The van der Waals surface area contributed by atoms with Gasteiger partial charge in [-0.05, 0) is 54.0 Å². The predicted molar refractivity (Wildman–Crippen MR) is 125 cm³/mol. The van der Waals surface area contributed by atoms with Crippen LogP contribution in [0.25, 0.3) is 0 Å². The van der Waals surface area contributed by atoms with Gasteiger partial charge in [-0.15, -0.1) is 0 Å². The van der Waals surface area contributed by atoms with Crippen LogP contribution in [-0.2, 0) is 28.4 Å². The second-order valence-corrected chi connectivity index (χ2v) is 8.46. The van der Waals surface area contributed by atoms with Crippen molar-refractivity contribution in [1.82, 2.24) is 0 Å². The molecule has 1 amide bonds. The molecule has 0 spiro atoms. The number of rotatable bonds is 8. The third-order valence-electron chi connectivity index (χ3n) is 4.06. The fraction of sp³-hybridized carbons (Fsp3) is 0.136. The third kappa shape index (κ3) is 7.20. The molecule has 2 rings (SSSR count). The average Bonchev–Trinajstić information content (AvgIpc) is 2.66. The van der Waals surface area contributed by atoms with Crippen molar-refractivity contribution in [1.29, 1.82) is 0 Å². The molecule has 0 aliphatic carbocycles. The molecule has 29 heavy (non-hydrogen) atoms. The van der Waals surface area contributed by atoms with E-state index in [0.29, 0.717) is 38.3 Å². The molecule has 0 bridgehead atoms. The van der Waals surface area contributed by atoms with Crippen LogP contribution in [0.3, 0.4) is 0 Å². The van der Waals surface area contributed by atoms with Gasteiger partial charge in [0.2, 0.25) is 5.91 Å². The van der Waals surface area contributed by atoms with Gasteiger partial charge in [0.1, 0.15) is 0 Å². The fourth-order valence-electron chi connectivity index (χ4n) is 2.54. The maximum Gasteiger partial charge on any atom is 0.228 e. The van der Waals surface area contributed by atoms with Crippen LogP contribution in [-0.4, -0.2) is 16.4 Å². The Balaban J connectivity index is 2.05. The molecule has 0 saturated carbocycles. The molecule has 2 aromatic rings. The zero-order chi connectivity index (χ0) is 21.4. The number of carbonyl (C=O) groups is 1. The quantitative estimate of drug-likeness (QED) is 0.424. The topological polar surface area (TPSA) is 72.2 Å². The van der Waals surface area contributed by atoms with Crippen LogP contribution in [0, 0.1) is 0 Å². The van der Waals surface area contributed by atoms with Gasteiger partial charge in [0, 0.05) is 43.4 Å². The molecule has 1 unspecified atom stereocenters. The number of carbonyl (C=O) groups excluding carboxylic acids is 1. The number of nitrogen functional groups attached to an aromatic ring is 1. The monoisotopic (exact) mass is 448 g/mol. The van der Waals surface area contributed by atoms with Crippen LogP contribution in [0.2, 0.25) is 10.0 Å². The second-order valence-electron chi connectivity index (χ2n) is 6.23. The van der Waals surface area contributed by atoms with Gasteiger partial charge < -0.3 is 11.1 Å². The summed E-state index contributed by atoms with van der Waals surface area (Å²) in [6.07, 6.45) is 9.34. The van der Waals surface area contributed by atoms with Crippen molar-refractivity contribution >= 4 is 51.3 Å². The zero-order valence-corrected chi connectivity index (χ0v) is 18.3. The van der Waals surface area contributed by atoms with Crippen LogP contribution in [0.5, 0.6) is 0 Å². The lowest BCUT2D eigenvalue weighted by atomic mass is 10.1. The van der Waals surface area contributed by atoms with Crippen LogP contribution >= 0.6 is 23.2 Å². The van der Waals surface area contributed by atoms with E-state index in [0.717, 1.165) is 5.56 Å². The van der Waals surface area contributed by atoms with Crippen molar-refractivity contribution < 1.29 is 9.00 Å². The van der Waals surface area contributed by atoms with Crippen molar-refractivity contribution in [2.75, 3.05) is 17.3 Å². The molecule has 0 aromatic heterocycles. The fourth-order valence-corrected chi connectivity index (χ4v) is 3.52. The highest BCUT2D eigenvalue weighted by Gasteiger charge is 2.09. The Labute approximate surface area is 183 Å². The van der Waals surface area contributed by atoms with Gasteiger partial charge in [-0.3, -0.25) is 9.00 Å². The van der Waals surface area contributed by atoms with Crippen LogP contribution in [0.15, 0.2) is 72.2 Å². The number of anilines is 2. The molecule has 4 nitrogen and oxygen atoms in total. The summed E-state index contributed by atoms with van der Waals surface area (Å²) in [4.78, 5) is 13.0. The first-order valence-electron chi connectivity index (χ1n) is 8.75. The Hall–Kier alpha value is -2.34. The first-order chi connectivity index (χ1) is 13.8. The van der Waals surface area contributed by atoms with E-state index in [1.807, 2.05) is 18.2 Å². The summed E-state index contributed by atoms with van der Waals surface area (Å²) in [6, 6.07) is 10.4. The van der Waals surface area contributed by atoms with Crippen LogP contribution in [0.1, 0.15) is 11.1 Å². The number of nitrogens with two attached hydrogens (primary N) is 1. The van der Waals surface area contributed by atoms with Crippen molar-refractivity contribution in [3.63, 3.8) is 0 Å². The van der Waals surface area contributed by atoms with Crippen molar-refractivity contribution in [3.8, 4) is 0 Å². The Morgan fingerprint density at radius 3 is 2.62 bits per heavy atom. The van der Waals surface area contributed by atoms with E-state index in [2.05, 4.69) is 11.9 Å². The highest BCUT2D eigenvalue weighted by atomic mass is 35.5. The van der Waals surface area contributed by atoms with Gasteiger partial charge in [-0.25, -0.2) is 0 Å². The molecule has 1 atom stereocenters.